The van der Waals surface area contributed by atoms with Crippen LogP contribution in [0, 0.1) is 12.7 Å². The van der Waals surface area contributed by atoms with Gasteiger partial charge in [-0.05, 0) is 76.1 Å². The molecule has 0 saturated heterocycles. The van der Waals surface area contributed by atoms with Gasteiger partial charge in [-0.2, -0.15) is 0 Å². The monoisotopic (exact) mass is 613 g/mol. The molecule has 0 spiro atoms. The number of anilines is 1. The topological polar surface area (TPSA) is 105 Å². The number of hydrogen-bond acceptors (Lipinski definition) is 6. The fourth-order valence-corrected chi connectivity index (χ4v) is 5.92. The van der Waals surface area contributed by atoms with Crippen molar-refractivity contribution in [3.63, 3.8) is 0 Å². The molecule has 0 heterocycles. The van der Waals surface area contributed by atoms with E-state index < -0.39 is 45.8 Å². The standard InChI is InChI=1S/C32H40FN3O6S/c1-8-27(31(38)34-32(3,4)5)35(20-23-11-13-24(33)14-12-23)30(37)21-36(28-19-25(41-6)15-18-29(28)42-7)43(39,40)26-16-9-22(2)10-17-26/h9-19,27H,8,20-21H2,1-7H3,(H,34,38)/t27-/m0/s1. The number of nitrogens with zero attached hydrogens (tertiary/aromatic N) is 2. The summed E-state index contributed by atoms with van der Waals surface area (Å²) in [5.74, 6) is -0.920. The van der Waals surface area contributed by atoms with E-state index >= 15 is 0 Å². The van der Waals surface area contributed by atoms with Gasteiger partial charge in [-0.1, -0.05) is 36.8 Å². The Kier molecular flexibility index (Phi) is 10.8. The predicted octanol–water partition coefficient (Wildman–Crippen LogP) is 5.07. The van der Waals surface area contributed by atoms with E-state index in [1.807, 2.05) is 27.7 Å². The number of carbonyl (C=O) groups is 2. The molecule has 3 rings (SSSR count). The molecule has 232 valence electrons. The van der Waals surface area contributed by atoms with Crippen molar-refractivity contribution in [2.45, 2.75) is 64.1 Å². The fourth-order valence-electron chi connectivity index (χ4n) is 4.50. The zero-order valence-electron chi connectivity index (χ0n) is 25.7. The Labute approximate surface area is 253 Å². The van der Waals surface area contributed by atoms with Gasteiger partial charge in [0.25, 0.3) is 10.0 Å². The first-order valence-electron chi connectivity index (χ1n) is 13.9. The Bertz CT molecular complexity index is 1520. The van der Waals surface area contributed by atoms with E-state index in [1.165, 1.54) is 61.6 Å². The molecule has 0 bridgehead atoms. The third-order valence-corrected chi connectivity index (χ3v) is 8.47. The van der Waals surface area contributed by atoms with Crippen LogP contribution in [0.5, 0.6) is 11.5 Å². The Morgan fingerprint density at radius 1 is 0.953 bits per heavy atom. The van der Waals surface area contributed by atoms with Crippen LogP contribution in [-0.4, -0.2) is 57.5 Å². The lowest BCUT2D eigenvalue weighted by Crippen LogP contribution is -2.55. The number of ether oxygens (including phenoxy) is 2. The highest BCUT2D eigenvalue weighted by molar-refractivity contribution is 7.92. The molecule has 3 aromatic rings. The van der Waals surface area contributed by atoms with Crippen LogP contribution in [0.25, 0.3) is 0 Å². The maximum Gasteiger partial charge on any atom is 0.264 e. The number of nitrogens with one attached hydrogen (secondary N) is 1. The van der Waals surface area contributed by atoms with Gasteiger partial charge in [-0.3, -0.25) is 13.9 Å². The molecule has 0 unspecified atom stereocenters. The van der Waals surface area contributed by atoms with Crippen LogP contribution >= 0.6 is 0 Å². The summed E-state index contributed by atoms with van der Waals surface area (Å²) in [5, 5.41) is 2.92. The number of aryl methyl sites for hydroxylation is 1. The second-order valence-electron chi connectivity index (χ2n) is 11.2. The van der Waals surface area contributed by atoms with Crippen molar-refractivity contribution in [3.05, 3.63) is 83.7 Å². The lowest BCUT2D eigenvalue weighted by Gasteiger charge is -2.35. The quantitative estimate of drug-likeness (QED) is 0.306. The molecule has 9 nitrogen and oxygen atoms in total. The van der Waals surface area contributed by atoms with E-state index in [9.17, 15) is 22.4 Å². The summed E-state index contributed by atoms with van der Waals surface area (Å²) in [4.78, 5) is 29.0. The molecule has 0 aliphatic heterocycles. The SMILES string of the molecule is CC[C@@H](C(=O)NC(C)(C)C)N(Cc1ccc(F)cc1)C(=O)CN(c1cc(OC)ccc1OC)S(=O)(=O)c1ccc(C)cc1. The Balaban J connectivity index is 2.16. The number of hydrogen-bond donors (Lipinski definition) is 1. The summed E-state index contributed by atoms with van der Waals surface area (Å²) in [5.41, 5.74) is 0.944. The van der Waals surface area contributed by atoms with E-state index in [1.54, 1.807) is 31.2 Å². The molecule has 3 aromatic carbocycles. The van der Waals surface area contributed by atoms with E-state index in [0.29, 0.717) is 11.3 Å². The zero-order valence-corrected chi connectivity index (χ0v) is 26.5. The molecule has 2 amide bonds. The fraction of sp³-hybridized carbons (Fsp3) is 0.375. The number of carbonyl (C=O) groups excluding carboxylic acids is 2. The molecular formula is C32H40FN3O6S. The summed E-state index contributed by atoms with van der Waals surface area (Å²) >= 11 is 0. The highest BCUT2D eigenvalue weighted by Gasteiger charge is 2.35. The van der Waals surface area contributed by atoms with Gasteiger partial charge in [0.05, 0.1) is 24.8 Å². The minimum atomic E-state index is -4.32. The summed E-state index contributed by atoms with van der Waals surface area (Å²) in [6.07, 6.45) is 0.252. The van der Waals surface area contributed by atoms with Gasteiger partial charge in [-0.25, -0.2) is 12.8 Å². The van der Waals surface area contributed by atoms with Gasteiger partial charge in [-0.15, -0.1) is 0 Å². The molecule has 0 radical (unpaired) electrons. The van der Waals surface area contributed by atoms with Crippen LogP contribution in [-0.2, 0) is 26.2 Å². The highest BCUT2D eigenvalue weighted by Crippen LogP contribution is 2.36. The summed E-state index contributed by atoms with van der Waals surface area (Å²) in [7, 11) is -1.48. The summed E-state index contributed by atoms with van der Waals surface area (Å²) in [6.45, 7) is 8.38. The predicted molar refractivity (Wildman–Crippen MR) is 164 cm³/mol. The van der Waals surface area contributed by atoms with Crippen molar-refractivity contribution in [2.75, 3.05) is 25.1 Å². The molecule has 11 heteroatoms. The van der Waals surface area contributed by atoms with Gasteiger partial charge >= 0.3 is 0 Å². The molecule has 0 aliphatic rings. The van der Waals surface area contributed by atoms with Crippen molar-refractivity contribution in [1.82, 2.24) is 10.2 Å². The Morgan fingerprint density at radius 3 is 2.12 bits per heavy atom. The largest absolute Gasteiger partial charge is 0.497 e. The van der Waals surface area contributed by atoms with Crippen LogP contribution in [0.1, 0.15) is 45.2 Å². The van der Waals surface area contributed by atoms with Gasteiger partial charge < -0.3 is 19.7 Å². The average molecular weight is 614 g/mol. The molecule has 0 aromatic heterocycles. The molecular weight excluding hydrogens is 573 g/mol. The van der Waals surface area contributed by atoms with Gasteiger partial charge in [0.1, 0.15) is 29.9 Å². The third-order valence-electron chi connectivity index (χ3n) is 6.69. The first kappa shape index (κ1) is 33.4. The van der Waals surface area contributed by atoms with Crippen molar-refractivity contribution < 1.29 is 31.9 Å². The highest BCUT2D eigenvalue weighted by atomic mass is 32.2. The van der Waals surface area contributed by atoms with Crippen molar-refractivity contribution >= 4 is 27.5 Å². The summed E-state index contributed by atoms with van der Waals surface area (Å²) in [6, 6.07) is 15.6. The van der Waals surface area contributed by atoms with Gasteiger partial charge in [0, 0.05) is 18.2 Å². The third kappa shape index (κ3) is 8.47. The lowest BCUT2D eigenvalue weighted by molar-refractivity contribution is -0.141. The van der Waals surface area contributed by atoms with Crippen LogP contribution < -0.4 is 19.1 Å². The minimum Gasteiger partial charge on any atom is -0.497 e. The van der Waals surface area contributed by atoms with Crippen LogP contribution in [0.15, 0.2) is 71.6 Å². The second kappa shape index (κ2) is 13.9. The second-order valence-corrected chi connectivity index (χ2v) is 13.0. The first-order valence-corrected chi connectivity index (χ1v) is 15.3. The Hall–Kier alpha value is -4.12. The van der Waals surface area contributed by atoms with Crippen LogP contribution in [0.2, 0.25) is 0 Å². The van der Waals surface area contributed by atoms with E-state index in [-0.39, 0.29) is 29.3 Å². The smallest absolute Gasteiger partial charge is 0.264 e. The summed E-state index contributed by atoms with van der Waals surface area (Å²) < 4.78 is 53.8. The molecule has 0 aliphatic carbocycles. The molecule has 1 atom stereocenters. The van der Waals surface area contributed by atoms with Crippen molar-refractivity contribution in [2.24, 2.45) is 0 Å². The molecule has 0 fully saturated rings. The first-order chi connectivity index (χ1) is 20.2. The van der Waals surface area contributed by atoms with Crippen molar-refractivity contribution in [1.29, 1.82) is 0 Å². The van der Waals surface area contributed by atoms with Gasteiger partial charge in [0.15, 0.2) is 0 Å². The average Bonchev–Trinajstić information content (AvgIpc) is 2.95. The number of methoxy groups -OCH3 is 2. The number of amides is 2. The lowest BCUT2D eigenvalue weighted by atomic mass is 10.1. The van der Waals surface area contributed by atoms with Crippen LogP contribution in [0.4, 0.5) is 10.1 Å². The number of rotatable bonds is 12. The van der Waals surface area contributed by atoms with Crippen LogP contribution in [0.3, 0.4) is 0 Å². The number of benzene rings is 3. The van der Waals surface area contributed by atoms with E-state index in [0.717, 1.165) is 9.87 Å². The normalized spacial score (nSPS) is 12.3. The van der Waals surface area contributed by atoms with Crippen molar-refractivity contribution in [3.8, 4) is 11.5 Å². The maximum absolute atomic E-state index is 14.2. The van der Waals surface area contributed by atoms with E-state index in [2.05, 4.69) is 5.32 Å². The number of sulfonamides is 1. The molecule has 0 saturated carbocycles. The van der Waals surface area contributed by atoms with E-state index in [4.69, 9.17) is 9.47 Å². The van der Waals surface area contributed by atoms with Gasteiger partial charge in [0.2, 0.25) is 11.8 Å². The zero-order chi connectivity index (χ0) is 31.9. The maximum atomic E-state index is 14.2. The Morgan fingerprint density at radius 2 is 1.58 bits per heavy atom. The molecule has 43 heavy (non-hydrogen) atoms. The minimum absolute atomic E-state index is 0.0293. The number of halogens is 1. The molecule has 1 N–H and O–H groups in total.